The third-order valence-corrected chi connectivity index (χ3v) is 6.31. The van der Waals surface area contributed by atoms with E-state index < -0.39 is 0 Å². The molecule has 2 aliphatic heterocycles. The Hall–Kier alpha value is -1.40. The van der Waals surface area contributed by atoms with Crippen molar-refractivity contribution in [2.75, 3.05) is 31.1 Å². The number of hydrogen-bond donors (Lipinski definition) is 0. The van der Waals surface area contributed by atoms with Crippen LogP contribution in [0.15, 0.2) is 18.3 Å². The molecule has 6 heteroatoms. The molecule has 2 aliphatic rings. The van der Waals surface area contributed by atoms with Crippen molar-refractivity contribution in [3.8, 4) is 5.13 Å². The SMILES string of the molecule is CC1CCN(c2nnc(-n3cccc3CN3CCCCC3)s2)CC1. The molecule has 24 heavy (non-hydrogen) atoms. The third-order valence-electron chi connectivity index (χ3n) is 5.33. The number of rotatable bonds is 4. The molecule has 4 rings (SSSR count). The first kappa shape index (κ1) is 16.1. The van der Waals surface area contributed by atoms with Crippen molar-refractivity contribution >= 4 is 16.5 Å². The minimum atomic E-state index is 0.842. The van der Waals surface area contributed by atoms with Gasteiger partial charge >= 0.3 is 0 Å². The maximum atomic E-state index is 4.48. The van der Waals surface area contributed by atoms with Crippen LogP contribution >= 0.6 is 11.3 Å². The van der Waals surface area contributed by atoms with Crippen LogP contribution < -0.4 is 4.90 Å². The maximum Gasteiger partial charge on any atom is 0.218 e. The summed E-state index contributed by atoms with van der Waals surface area (Å²) in [6.07, 6.45) is 8.69. The predicted molar refractivity (Wildman–Crippen MR) is 99.0 cm³/mol. The van der Waals surface area contributed by atoms with E-state index in [1.807, 2.05) is 0 Å². The van der Waals surface area contributed by atoms with Crippen LogP contribution in [0.5, 0.6) is 0 Å². The molecule has 2 aromatic rings. The minimum absolute atomic E-state index is 0.842. The molecule has 0 spiro atoms. The Balaban J connectivity index is 1.47. The number of piperidine rings is 2. The standard InChI is InChI=1S/C18H27N5S/c1-15-7-12-22(13-8-15)17-19-20-18(24-17)23-11-5-6-16(23)14-21-9-3-2-4-10-21/h5-6,11,15H,2-4,7-10,12-14H2,1H3. The quantitative estimate of drug-likeness (QED) is 0.849. The summed E-state index contributed by atoms with van der Waals surface area (Å²) >= 11 is 1.72. The highest BCUT2D eigenvalue weighted by molar-refractivity contribution is 7.17. The van der Waals surface area contributed by atoms with Gasteiger partial charge in [-0.25, -0.2) is 0 Å². The van der Waals surface area contributed by atoms with Crippen molar-refractivity contribution in [2.45, 2.75) is 45.6 Å². The molecular formula is C18H27N5S. The highest BCUT2D eigenvalue weighted by Crippen LogP contribution is 2.28. The Morgan fingerprint density at radius 3 is 2.58 bits per heavy atom. The fourth-order valence-electron chi connectivity index (χ4n) is 3.71. The van der Waals surface area contributed by atoms with Gasteiger partial charge in [-0.1, -0.05) is 24.7 Å². The molecule has 0 unspecified atom stereocenters. The summed E-state index contributed by atoms with van der Waals surface area (Å²) in [6.45, 7) is 8.03. The Kier molecular flexibility index (Phi) is 4.85. The largest absolute Gasteiger partial charge is 0.347 e. The van der Waals surface area contributed by atoms with Crippen molar-refractivity contribution in [3.63, 3.8) is 0 Å². The van der Waals surface area contributed by atoms with E-state index in [0.717, 1.165) is 35.8 Å². The molecule has 2 saturated heterocycles. The van der Waals surface area contributed by atoms with E-state index in [2.05, 4.69) is 49.8 Å². The van der Waals surface area contributed by atoms with Gasteiger partial charge in [0.1, 0.15) is 0 Å². The highest BCUT2D eigenvalue weighted by atomic mass is 32.1. The van der Waals surface area contributed by atoms with E-state index >= 15 is 0 Å². The van der Waals surface area contributed by atoms with Gasteiger partial charge in [0.05, 0.1) is 0 Å². The molecule has 0 bridgehead atoms. The van der Waals surface area contributed by atoms with Crippen LogP contribution in [0, 0.1) is 5.92 Å². The second kappa shape index (κ2) is 7.23. The molecule has 0 amide bonds. The van der Waals surface area contributed by atoms with Crippen LogP contribution in [-0.2, 0) is 6.54 Å². The summed E-state index contributed by atoms with van der Waals surface area (Å²) in [5, 5.41) is 11.0. The van der Waals surface area contributed by atoms with E-state index in [0.29, 0.717) is 0 Å². The van der Waals surface area contributed by atoms with Gasteiger partial charge in [-0.15, -0.1) is 10.2 Å². The smallest absolute Gasteiger partial charge is 0.218 e. The van der Waals surface area contributed by atoms with E-state index in [1.165, 1.54) is 50.9 Å². The first-order valence-electron chi connectivity index (χ1n) is 9.27. The number of nitrogens with zero attached hydrogens (tertiary/aromatic N) is 5. The Labute approximate surface area is 148 Å². The second-order valence-electron chi connectivity index (χ2n) is 7.24. The van der Waals surface area contributed by atoms with Crippen LogP contribution in [0.1, 0.15) is 44.7 Å². The topological polar surface area (TPSA) is 37.2 Å². The van der Waals surface area contributed by atoms with Gasteiger partial charge in [-0.2, -0.15) is 0 Å². The molecule has 4 heterocycles. The molecule has 0 aliphatic carbocycles. The lowest BCUT2D eigenvalue weighted by atomic mass is 10.00. The lowest BCUT2D eigenvalue weighted by Crippen LogP contribution is -2.32. The zero-order chi connectivity index (χ0) is 16.4. The zero-order valence-corrected chi connectivity index (χ0v) is 15.3. The Bertz CT molecular complexity index is 650. The molecule has 0 atom stereocenters. The number of likely N-dealkylation sites (tertiary alicyclic amines) is 1. The normalized spacial score (nSPS) is 20.6. The Morgan fingerprint density at radius 1 is 1.04 bits per heavy atom. The van der Waals surface area contributed by atoms with Crippen molar-refractivity contribution in [2.24, 2.45) is 5.92 Å². The average molecular weight is 346 g/mol. The van der Waals surface area contributed by atoms with Gasteiger partial charge in [0.2, 0.25) is 10.3 Å². The van der Waals surface area contributed by atoms with E-state index in [9.17, 15) is 0 Å². The van der Waals surface area contributed by atoms with Gasteiger partial charge in [-0.3, -0.25) is 9.47 Å². The summed E-state index contributed by atoms with van der Waals surface area (Å²) < 4.78 is 2.22. The molecule has 2 fully saturated rings. The van der Waals surface area contributed by atoms with E-state index in [-0.39, 0.29) is 0 Å². The zero-order valence-electron chi connectivity index (χ0n) is 14.5. The van der Waals surface area contributed by atoms with Gasteiger partial charge in [0, 0.05) is 31.5 Å². The summed E-state index contributed by atoms with van der Waals surface area (Å²) in [5.41, 5.74) is 1.33. The number of hydrogen-bond acceptors (Lipinski definition) is 5. The predicted octanol–water partition coefficient (Wildman–Crippen LogP) is 3.55. The fraction of sp³-hybridized carbons (Fsp3) is 0.667. The molecule has 0 N–H and O–H groups in total. The lowest BCUT2D eigenvalue weighted by Gasteiger charge is -2.29. The summed E-state index contributed by atoms with van der Waals surface area (Å²) in [7, 11) is 0. The van der Waals surface area contributed by atoms with Crippen LogP contribution in [0.3, 0.4) is 0 Å². The summed E-state index contributed by atoms with van der Waals surface area (Å²) in [5.74, 6) is 0.842. The summed E-state index contributed by atoms with van der Waals surface area (Å²) in [4.78, 5) is 4.96. The van der Waals surface area contributed by atoms with Gasteiger partial charge < -0.3 is 4.90 Å². The molecule has 0 aromatic carbocycles. The first-order chi connectivity index (χ1) is 11.8. The third kappa shape index (κ3) is 3.49. The average Bonchev–Trinajstić information content (AvgIpc) is 3.25. The van der Waals surface area contributed by atoms with Crippen molar-refractivity contribution in [1.82, 2.24) is 19.7 Å². The molecule has 0 saturated carbocycles. The maximum absolute atomic E-state index is 4.48. The molecule has 2 aromatic heterocycles. The number of anilines is 1. The first-order valence-corrected chi connectivity index (χ1v) is 10.1. The Morgan fingerprint density at radius 2 is 1.79 bits per heavy atom. The van der Waals surface area contributed by atoms with Crippen LogP contribution in [0.25, 0.3) is 5.13 Å². The summed E-state index contributed by atoms with van der Waals surface area (Å²) in [6, 6.07) is 4.35. The highest BCUT2D eigenvalue weighted by Gasteiger charge is 2.20. The monoisotopic (exact) mass is 345 g/mol. The van der Waals surface area contributed by atoms with Gasteiger partial charge in [0.25, 0.3) is 0 Å². The van der Waals surface area contributed by atoms with Gasteiger partial charge in [-0.05, 0) is 56.8 Å². The van der Waals surface area contributed by atoms with Crippen molar-refractivity contribution in [1.29, 1.82) is 0 Å². The fourth-order valence-corrected chi connectivity index (χ4v) is 4.63. The number of aromatic nitrogens is 3. The van der Waals surface area contributed by atoms with Crippen LogP contribution in [0.4, 0.5) is 5.13 Å². The van der Waals surface area contributed by atoms with Gasteiger partial charge in [0.15, 0.2) is 0 Å². The minimum Gasteiger partial charge on any atom is -0.347 e. The van der Waals surface area contributed by atoms with Crippen molar-refractivity contribution in [3.05, 3.63) is 24.0 Å². The van der Waals surface area contributed by atoms with E-state index in [1.54, 1.807) is 11.3 Å². The van der Waals surface area contributed by atoms with Crippen molar-refractivity contribution < 1.29 is 0 Å². The van der Waals surface area contributed by atoms with Crippen LogP contribution in [0.2, 0.25) is 0 Å². The molecule has 130 valence electrons. The van der Waals surface area contributed by atoms with E-state index in [4.69, 9.17) is 0 Å². The lowest BCUT2D eigenvalue weighted by molar-refractivity contribution is 0.217. The second-order valence-corrected chi connectivity index (χ2v) is 8.18. The molecule has 5 nitrogen and oxygen atoms in total. The molecular weight excluding hydrogens is 318 g/mol. The molecule has 0 radical (unpaired) electrons. The van der Waals surface area contributed by atoms with Crippen LogP contribution in [-0.4, -0.2) is 45.8 Å².